The second kappa shape index (κ2) is 9.39. The lowest BCUT2D eigenvalue weighted by molar-refractivity contribution is -0.127. The van der Waals surface area contributed by atoms with E-state index in [9.17, 15) is 4.79 Å². The molecule has 1 saturated heterocycles. The highest BCUT2D eigenvalue weighted by Crippen LogP contribution is 2.41. The highest BCUT2D eigenvalue weighted by Gasteiger charge is 2.28. The smallest absolute Gasteiger partial charge is 0.246 e. The quantitative estimate of drug-likeness (QED) is 0.404. The van der Waals surface area contributed by atoms with Gasteiger partial charge in [0.2, 0.25) is 5.91 Å². The Kier molecular flexibility index (Phi) is 5.99. The molecule has 34 heavy (non-hydrogen) atoms. The number of H-pyrrole nitrogens is 1. The molecule has 7 heteroatoms. The second-order valence-corrected chi connectivity index (χ2v) is 8.22. The molecule has 1 aliphatic heterocycles. The maximum atomic E-state index is 12.2. The summed E-state index contributed by atoms with van der Waals surface area (Å²) in [5.74, 6) is 1.36. The Morgan fingerprint density at radius 2 is 2.18 bits per heavy atom. The Labute approximate surface area is 198 Å². The zero-order valence-corrected chi connectivity index (χ0v) is 19.0. The molecule has 172 valence electrons. The molecule has 5 rings (SSSR count). The molecule has 1 fully saturated rings. The molecule has 1 N–H and O–H groups in total. The number of aromatic amines is 1. The third-order valence-electron chi connectivity index (χ3n) is 6.23. The van der Waals surface area contributed by atoms with Gasteiger partial charge in [0.25, 0.3) is 0 Å². The number of nitrogens with one attached hydrogen (secondary N) is 1. The molecule has 4 heterocycles. The van der Waals surface area contributed by atoms with E-state index in [1.54, 1.807) is 25.7 Å². The molecule has 0 radical (unpaired) electrons. The number of ether oxygens (including phenoxy) is 2. The maximum absolute atomic E-state index is 12.2. The van der Waals surface area contributed by atoms with Crippen LogP contribution in [0.5, 0.6) is 11.5 Å². The highest BCUT2D eigenvalue weighted by atomic mass is 16.5. The predicted molar refractivity (Wildman–Crippen MR) is 132 cm³/mol. The van der Waals surface area contributed by atoms with Crippen molar-refractivity contribution in [3.8, 4) is 33.9 Å². The van der Waals surface area contributed by atoms with Gasteiger partial charge in [-0.1, -0.05) is 18.7 Å². The lowest BCUT2D eigenvalue weighted by Crippen LogP contribution is -2.38. The Balaban J connectivity index is 1.55. The van der Waals surface area contributed by atoms with Gasteiger partial charge in [-0.3, -0.25) is 14.8 Å². The van der Waals surface area contributed by atoms with Gasteiger partial charge < -0.3 is 19.4 Å². The van der Waals surface area contributed by atoms with Crippen LogP contribution in [0.25, 0.3) is 33.4 Å². The summed E-state index contributed by atoms with van der Waals surface area (Å²) in [6, 6.07) is 13.8. The molecular formula is C27H26N4O3. The molecule has 1 atom stereocenters. The summed E-state index contributed by atoms with van der Waals surface area (Å²) in [6.45, 7) is 4.74. The molecule has 0 unspecified atom stereocenters. The first-order valence-electron chi connectivity index (χ1n) is 11.3. The van der Waals surface area contributed by atoms with Gasteiger partial charge in [0.1, 0.15) is 18.1 Å². The van der Waals surface area contributed by atoms with Crippen molar-refractivity contribution >= 4 is 16.9 Å². The van der Waals surface area contributed by atoms with Crippen LogP contribution in [-0.4, -0.2) is 52.1 Å². The van der Waals surface area contributed by atoms with Gasteiger partial charge >= 0.3 is 0 Å². The van der Waals surface area contributed by atoms with Gasteiger partial charge in [-0.25, -0.2) is 0 Å². The number of methoxy groups -OCH3 is 1. The average Bonchev–Trinajstić information content (AvgIpc) is 3.52. The summed E-state index contributed by atoms with van der Waals surface area (Å²) >= 11 is 0. The number of rotatable bonds is 7. The SMILES string of the molecule is C=CC(=O)N1CCC[C@H]1COc1cnccc1-c1[nH]c2cccnc2c1-c1cccc(OC)c1. The minimum Gasteiger partial charge on any atom is -0.497 e. The summed E-state index contributed by atoms with van der Waals surface area (Å²) in [6.07, 6.45) is 8.49. The molecule has 0 bridgehead atoms. The van der Waals surface area contributed by atoms with Crippen LogP contribution in [-0.2, 0) is 4.79 Å². The summed E-state index contributed by atoms with van der Waals surface area (Å²) in [5.41, 5.74) is 5.52. The highest BCUT2D eigenvalue weighted by molar-refractivity contribution is 6.02. The number of fused-ring (bicyclic) bond motifs is 1. The minimum atomic E-state index is -0.0560. The van der Waals surface area contributed by atoms with Crippen molar-refractivity contribution in [2.24, 2.45) is 0 Å². The zero-order chi connectivity index (χ0) is 23.5. The number of pyridine rings is 2. The molecule has 3 aromatic heterocycles. The molecule has 7 nitrogen and oxygen atoms in total. The van der Waals surface area contributed by atoms with Gasteiger partial charge in [0, 0.05) is 30.1 Å². The van der Waals surface area contributed by atoms with E-state index >= 15 is 0 Å². The summed E-state index contributed by atoms with van der Waals surface area (Å²) in [7, 11) is 1.66. The number of nitrogens with zero attached hydrogens (tertiary/aromatic N) is 3. The summed E-state index contributed by atoms with van der Waals surface area (Å²) in [5, 5.41) is 0. The third kappa shape index (κ3) is 4.01. The van der Waals surface area contributed by atoms with Crippen molar-refractivity contribution < 1.29 is 14.3 Å². The first-order chi connectivity index (χ1) is 16.7. The number of aromatic nitrogens is 3. The fraction of sp³-hybridized carbons (Fsp3) is 0.222. The largest absolute Gasteiger partial charge is 0.497 e. The normalized spacial score (nSPS) is 15.4. The summed E-state index contributed by atoms with van der Waals surface area (Å²) < 4.78 is 11.7. The van der Waals surface area contributed by atoms with Crippen LogP contribution in [0, 0.1) is 0 Å². The molecule has 0 saturated carbocycles. The van der Waals surface area contributed by atoms with Crippen molar-refractivity contribution in [2.45, 2.75) is 18.9 Å². The van der Waals surface area contributed by atoms with Crippen LogP contribution in [0.4, 0.5) is 0 Å². The van der Waals surface area contributed by atoms with Gasteiger partial charge in [-0.15, -0.1) is 0 Å². The topological polar surface area (TPSA) is 80.3 Å². The lowest BCUT2D eigenvalue weighted by Gasteiger charge is -2.24. The van der Waals surface area contributed by atoms with Crippen molar-refractivity contribution in [3.05, 3.63) is 73.7 Å². The number of amides is 1. The lowest BCUT2D eigenvalue weighted by atomic mass is 10.0. The van der Waals surface area contributed by atoms with E-state index in [1.807, 2.05) is 47.4 Å². The van der Waals surface area contributed by atoms with Gasteiger partial charge in [0.15, 0.2) is 0 Å². The van der Waals surface area contributed by atoms with E-state index in [0.717, 1.165) is 58.6 Å². The number of likely N-dealkylation sites (tertiary alicyclic amines) is 1. The molecule has 1 amide bonds. The van der Waals surface area contributed by atoms with Crippen LogP contribution < -0.4 is 9.47 Å². The van der Waals surface area contributed by atoms with Gasteiger partial charge in [0.05, 0.1) is 36.1 Å². The van der Waals surface area contributed by atoms with E-state index in [1.165, 1.54) is 6.08 Å². The van der Waals surface area contributed by atoms with E-state index < -0.39 is 0 Å². The van der Waals surface area contributed by atoms with Crippen LogP contribution >= 0.6 is 0 Å². The fourth-order valence-electron chi connectivity index (χ4n) is 4.59. The predicted octanol–water partition coefficient (Wildman–Crippen LogP) is 4.86. The van der Waals surface area contributed by atoms with Crippen molar-refractivity contribution in [1.82, 2.24) is 19.9 Å². The van der Waals surface area contributed by atoms with E-state index in [4.69, 9.17) is 9.47 Å². The Morgan fingerprint density at radius 3 is 3.03 bits per heavy atom. The van der Waals surface area contributed by atoms with E-state index in [2.05, 4.69) is 21.5 Å². The number of carbonyl (C=O) groups is 1. The number of carbonyl (C=O) groups excluding carboxylic acids is 1. The fourth-order valence-corrected chi connectivity index (χ4v) is 4.59. The Bertz CT molecular complexity index is 1350. The molecule has 0 aliphatic carbocycles. The van der Waals surface area contributed by atoms with Crippen LogP contribution in [0.15, 0.2) is 73.7 Å². The molecule has 1 aromatic carbocycles. The van der Waals surface area contributed by atoms with E-state index in [-0.39, 0.29) is 11.9 Å². The monoisotopic (exact) mass is 454 g/mol. The number of benzene rings is 1. The standard InChI is InChI=1S/C27H26N4O3/c1-3-24(32)31-14-6-8-19(31)17-34-23-16-28-13-11-21(23)26-25(18-7-4-9-20(15-18)33-2)27-22(30-26)10-5-12-29-27/h3-5,7,9-13,15-16,19,30H,1,6,8,14,17H2,2H3/t19-/m0/s1. The zero-order valence-electron chi connectivity index (χ0n) is 19.0. The first-order valence-corrected chi connectivity index (χ1v) is 11.3. The maximum Gasteiger partial charge on any atom is 0.246 e. The first kappa shape index (κ1) is 21.7. The average molecular weight is 455 g/mol. The molecular weight excluding hydrogens is 428 g/mol. The molecule has 0 spiro atoms. The van der Waals surface area contributed by atoms with Gasteiger partial charge in [-0.05, 0) is 54.8 Å². The molecule has 4 aromatic rings. The van der Waals surface area contributed by atoms with Gasteiger partial charge in [-0.2, -0.15) is 0 Å². The Morgan fingerprint density at radius 1 is 1.26 bits per heavy atom. The number of hydrogen-bond donors (Lipinski definition) is 1. The third-order valence-corrected chi connectivity index (χ3v) is 6.23. The van der Waals surface area contributed by atoms with Crippen molar-refractivity contribution in [2.75, 3.05) is 20.3 Å². The van der Waals surface area contributed by atoms with Crippen LogP contribution in [0.1, 0.15) is 12.8 Å². The van der Waals surface area contributed by atoms with Crippen molar-refractivity contribution in [3.63, 3.8) is 0 Å². The number of hydrogen-bond acceptors (Lipinski definition) is 5. The van der Waals surface area contributed by atoms with Crippen molar-refractivity contribution in [1.29, 1.82) is 0 Å². The Hall–Kier alpha value is -4.13. The van der Waals surface area contributed by atoms with Crippen LogP contribution in [0.3, 0.4) is 0 Å². The van der Waals surface area contributed by atoms with E-state index in [0.29, 0.717) is 12.4 Å². The second-order valence-electron chi connectivity index (χ2n) is 8.22. The summed E-state index contributed by atoms with van der Waals surface area (Å²) in [4.78, 5) is 26.5. The molecule has 1 aliphatic rings. The minimum absolute atomic E-state index is 0.0146. The van der Waals surface area contributed by atoms with Crippen LogP contribution in [0.2, 0.25) is 0 Å².